The number of carbonyl (C=O) groups is 2. The summed E-state index contributed by atoms with van der Waals surface area (Å²) < 4.78 is 0. The van der Waals surface area contributed by atoms with Crippen LogP contribution >= 0.6 is 0 Å². The summed E-state index contributed by atoms with van der Waals surface area (Å²) in [4.78, 5) is 33.3. The summed E-state index contributed by atoms with van der Waals surface area (Å²) in [5.41, 5.74) is 7.32. The van der Waals surface area contributed by atoms with Gasteiger partial charge >= 0.3 is 0 Å². The van der Waals surface area contributed by atoms with Crippen molar-refractivity contribution in [2.45, 2.75) is 6.42 Å². The molecule has 2 amide bonds. The first-order chi connectivity index (χ1) is 10.6. The Morgan fingerprint density at radius 3 is 2.77 bits per heavy atom. The lowest BCUT2D eigenvalue weighted by atomic mass is 10.0. The van der Waals surface area contributed by atoms with Crippen LogP contribution in [0.25, 0.3) is 5.57 Å². The molecule has 2 aromatic heterocycles. The molecule has 8 heteroatoms. The van der Waals surface area contributed by atoms with E-state index >= 15 is 0 Å². The van der Waals surface area contributed by atoms with Gasteiger partial charge in [-0.15, -0.1) is 0 Å². The molecule has 8 nitrogen and oxygen atoms in total. The highest BCUT2D eigenvalue weighted by Crippen LogP contribution is 2.20. The Kier molecular flexibility index (Phi) is 3.65. The van der Waals surface area contributed by atoms with Gasteiger partial charge in [0.1, 0.15) is 5.69 Å². The number of hydrogen-bond donors (Lipinski definition) is 2. The van der Waals surface area contributed by atoms with Gasteiger partial charge in [0.05, 0.1) is 11.9 Å². The van der Waals surface area contributed by atoms with Gasteiger partial charge in [-0.1, -0.05) is 6.08 Å². The van der Waals surface area contributed by atoms with Crippen LogP contribution in [-0.4, -0.2) is 50.0 Å². The van der Waals surface area contributed by atoms with E-state index in [1.807, 2.05) is 6.08 Å². The summed E-state index contributed by atoms with van der Waals surface area (Å²) in [6.45, 7) is 1.03. The Morgan fingerprint density at radius 1 is 1.32 bits per heavy atom. The van der Waals surface area contributed by atoms with Gasteiger partial charge in [0, 0.05) is 31.5 Å². The van der Waals surface area contributed by atoms with Gasteiger partial charge in [0.25, 0.3) is 11.8 Å². The van der Waals surface area contributed by atoms with Crippen molar-refractivity contribution in [1.82, 2.24) is 25.1 Å². The maximum Gasteiger partial charge on any atom is 0.272 e. The number of H-pyrrole nitrogens is 1. The topological polar surface area (TPSA) is 118 Å². The minimum absolute atomic E-state index is 0.0520. The highest BCUT2D eigenvalue weighted by Gasteiger charge is 2.22. The number of rotatable bonds is 3. The van der Waals surface area contributed by atoms with Crippen molar-refractivity contribution in [2.24, 2.45) is 5.73 Å². The highest BCUT2D eigenvalue weighted by atomic mass is 16.2. The molecule has 0 atom stereocenters. The lowest BCUT2D eigenvalue weighted by molar-refractivity contribution is 0.0767. The molecule has 22 heavy (non-hydrogen) atoms. The predicted molar refractivity (Wildman–Crippen MR) is 77.6 cm³/mol. The summed E-state index contributed by atoms with van der Waals surface area (Å²) in [5.74, 6) is -0.881. The van der Waals surface area contributed by atoms with Crippen molar-refractivity contribution >= 4 is 17.4 Å². The van der Waals surface area contributed by atoms with Gasteiger partial charge in [0.15, 0.2) is 5.69 Å². The standard InChI is InChI=1S/C14H14N6O2/c15-13(21)10-7-11(19-18-10)14(22)20-5-1-9(2-6-20)12-8-16-3-4-17-12/h1,3-4,7-8H,2,5-6H2,(H2,15,21)(H,18,19). The monoisotopic (exact) mass is 298 g/mol. The van der Waals surface area contributed by atoms with E-state index in [1.54, 1.807) is 23.5 Å². The van der Waals surface area contributed by atoms with E-state index in [0.717, 1.165) is 11.3 Å². The number of aromatic nitrogens is 4. The number of carbonyl (C=O) groups excluding carboxylic acids is 2. The maximum atomic E-state index is 12.3. The van der Waals surface area contributed by atoms with Crippen LogP contribution in [0.4, 0.5) is 0 Å². The largest absolute Gasteiger partial charge is 0.364 e. The molecule has 3 N–H and O–H groups in total. The van der Waals surface area contributed by atoms with Crippen LogP contribution in [0.3, 0.4) is 0 Å². The van der Waals surface area contributed by atoms with Crippen molar-refractivity contribution < 1.29 is 9.59 Å². The van der Waals surface area contributed by atoms with Gasteiger partial charge in [-0.25, -0.2) is 0 Å². The quantitative estimate of drug-likeness (QED) is 0.840. The van der Waals surface area contributed by atoms with Crippen LogP contribution < -0.4 is 5.73 Å². The fraction of sp³-hybridized carbons (Fsp3) is 0.214. The first-order valence-corrected chi connectivity index (χ1v) is 6.75. The third-order valence-electron chi connectivity index (χ3n) is 3.45. The molecular formula is C14H14N6O2. The lowest BCUT2D eigenvalue weighted by Gasteiger charge is -2.25. The molecule has 3 heterocycles. The Balaban J connectivity index is 1.71. The Morgan fingerprint density at radius 2 is 2.18 bits per heavy atom. The van der Waals surface area contributed by atoms with E-state index in [-0.39, 0.29) is 17.3 Å². The second-order valence-electron chi connectivity index (χ2n) is 4.85. The molecule has 0 spiro atoms. The van der Waals surface area contributed by atoms with Gasteiger partial charge in [-0.2, -0.15) is 5.10 Å². The molecule has 0 radical (unpaired) electrons. The lowest BCUT2D eigenvalue weighted by Crippen LogP contribution is -2.35. The van der Waals surface area contributed by atoms with E-state index in [1.165, 1.54) is 6.07 Å². The van der Waals surface area contributed by atoms with Crippen LogP contribution in [0.2, 0.25) is 0 Å². The minimum Gasteiger partial charge on any atom is -0.364 e. The number of aromatic amines is 1. The number of amides is 2. The Labute approximate surface area is 126 Å². The zero-order valence-corrected chi connectivity index (χ0v) is 11.7. The zero-order chi connectivity index (χ0) is 15.5. The smallest absolute Gasteiger partial charge is 0.272 e. The third kappa shape index (κ3) is 2.71. The molecule has 0 bridgehead atoms. The second-order valence-corrected chi connectivity index (χ2v) is 4.85. The van der Waals surface area contributed by atoms with E-state index < -0.39 is 5.91 Å². The van der Waals surface area contributed by atoms with Crippen molar-refractivity contribution in [1.29, 1.82) is 0 Å². The van der Waals surface area contributed by atoms with Gasteiger partial charge in [0.2, 0.25) is 0 Å². The number of hydrogen-bond acceptors (Lipinski definition) is 5. The second kappa shape index (κ2) is 5.76. The molecule has 1 aliphatic heterocycles. The average molecular weight is 298 g/mol. The first kappa shape index (κ1) is 13.9. The molecule has 0 aromatic carbocycles. The number of nitrogens with zero attached hydrogens (tertiary/aromatic N) is 4. The van der Waals surface area contributed by atoms with E-state index in [2.05, 4.69) is 20.2 Å². The van der Waals surface area contributed by atoms with Crippen LogP contribution in [-0.2, 0) is 0 Å². The predicted octanol–water partition coefficient (Wildman–Crippen LogP) is 0.228. The van der Waals surface area contributed by atoms with Crippen molar-refractivity contribution in [3.05, 3.63) is 47.8 Å². The van der Waals surface area contributed by atoms with Crippen molar-refractivity contribution in [2.75, 3.05) is 13.1 Å². The maximum absolute atomic E-state index is 12.3. The van der Waals surface area contributed by atoms with Crippen molar-refractivity contribution in [3.63, 3.8) is 0 Å². The number of primary amides is 1. The van der Waals surface area contributed by atoms with Gasteiger partial charge in [-0.3, -0.25) is 24.7 Å². The number of nitrogens with two attached hydrogens (primary N) is 1. The SMILES string of the molecule is NC(=O)c1cc(C(=O)N2CC=C(c3cnccn3)CC2)[nH]n1. The molecular weight excluding hydrogens is 284 g/mol. The summed E-state index contributed by atoms with van der Waals surface area (Å²) >= 11 is 0. The summed E-state index contributed by atoms with van der Waals surface area (Å²) in [6, 6.07) is 1.37. The molecule has 3 rings (SSSR count). The fourth-order valence-electron chi connectivity index (χ4n) is 2.28. The van der Waals surface area contributed by atoms with Crippen LogP contribution in [0.5, 0.6) is 0 Å². The first-order valence-electron chi connectivity index (χ1n) is 6.75. The summed E-state index contributed by atoms with van der Waals surface area (Å²) in [6.07, 6.45) is 7.62. The van der Waals surface area contributed by atoms with Crippen LogP contribution in [0.1, 0.15) is 33.1 Å². The van der Waals surface area contributed by atoms with E-state index in [4.69, 9.17) is 5.73 Å². The fourth-order valence-corrected chi connectivity index (χ4v) is 2.28. The van der Waals surface area contributed by atoms with Crippen LogP contribution in [0.15, 0.2) is 30.7 Å². The number of nitrogens with one attached hydrogen (secondary N) is 1. The molecule has 112 valence electrons. The average Bonchev–Trinajstić information content (AvgIpc) is 3.05. The van der Waals surface area contributed by atoms with E-state index in [9.17, 15) is 9.59 Å². The Bertz CT molecular complexity index is 737. The third-order valence-corrected chi connectivity index (χ3v) is 3.45. The van der Waals surface area contributed by atoms with Crippen molar-refractivity contribution in [3.8, 4) is 0 Å². The summed E-state index contributed by atoms with van der Waals surface area (Å²) in [5, 5.41) is 6.26. The zero-order valence-electron chi connectivity index (χ0n) is 11.7. The Hall–Kier alpha value is -3.03. The van der Waals surface area contributed by atoms with Gasteiger partial charge in [-0.05, 0) is 12.0 Å². The highest BCUT2D eigenvalue weighted by molar-refractivity contribution is 5.97. The normalized spacial score (nSPS) is 14.5. The molecule has 0 fully saturated rings. The molecule has 1 aliphatic rings. The molecule has 0 unspecified atom stereocenters. The molecule has 0 saturated carbocycles. The molecule has 0 aliphatic carbocycles. The van der Waals surface area contributed by atoms with Gasteiger partial charge < -0.3 is 10.6 Å². The van der Waals surface area contributed by atoms with Crippen LogP contribution in [0, 0.1) is 0 Å². The molecule has 2 aromatic rings. The molecule has 0 saturated heterocycles. The van der Waals surface area contributed by atoms with E-state index in [0.29, 0.717) is 19.5 Å². The summed E-state index contributed by atoms with van der Waals surface area (Å²) in [7, 11) is 0. The minimum atomic E-state index is -0.668.